The topological polar surface area (TPSA) is 32.8 Å². The number of hydrogen-bond acceptors (Lipinski definition) is 2. The van der Waals surface area contributed by atoms with E-state index in [0.717, 1.165) is 17.1 Å². The van der Waals surface area contributed by atoms with Crippen molar-refractivity contribution in [1.29, 1.82) is 0 Å². The molecular formula is C9H8O2. The molecule has 1 N–H and O–H groups in total. The lowest BCUT2D eigenvalue weighted by atomic mass is 10.2. The van der Waals surface area contributed by atoms with Crippen molar-refractivity contribution in [2.45, 2.75) is 6.92 Å². The Hall–Kier alpha value is -1.44. The zero-order chi connectivity index (χ0) is 7.84. The predicted molar refractivity (Wildman–Crippen MR) is 42.9 cm³/mol. The molecule has 2 heteroatoms. The van der Waals surface area contributed by atoms with E-state index in [2.05, 4.69) is 0 Å². The molecule has 0 atom stereocenters. The van der Waals surface area contributed by atoms with E-state index < -0.39 is 0 Å². The third-order valence-corrected chi connectivity index (χ3v) is 1.64. The maximum atomic E-state index is 9.32. The second-order valence-electron chi connectivity index (χ2n) is 2.43. The zero-order valence-electron chi connectivity index (χ0n) is 6.16. The lowest BCUT2D eigenvalue weighted by molar-refractivity contribution is 0.474. The van der Waals surface area contributed by atoms with Gasteiger partial charge in [-0.2, -0.15) is 0 Å². The minimum Gasteiger partial charge on any atom is -0.507 e. The maximum Gasteiger partial charge on any atom is 0.181 e. The van der Waals surface area contributed by atoms with Gasteiger partial charge in [0.2, 0.25) is 0 Å². The second kappa shape index (κ2) is 2.02. The van der Waals surface area contributed by atoms with Crippen LogP contribution in [0.2, 0.25) is 0 Å². The fraction of sp³-hybridized carbons (Fsp3) is 0.111. The summed E-state index contributed by atoms with van der Waals surface area (Å²) in [5.74, 6) is 1.96. The van der Waals surface area contributed by atoms with Crippen LogP contribution in [0.3, 0.4) is 0 Å². The number of phenolic OH excluding ortho intramolecular Hbond substituents is 1. The molecule has 0 aromatic heterocycles. The Morgan fingerprint density at radius 2 is 2.27 bits per heavy atom. The van der Waals surface area contributed by atoms with E-state index in [0.29, 0.717) is 0 Å². The highest BCUT2D eigenvalue weighted by Gasteiger charge is 2.25. The van der Waals surface area contributed by atoms with E-state index in [9.17, 15) is 5.11 Å². The van der Waals surface area contributed by atoms with Crippen molar-refractivity contribution >= 4 is 6.08 Å². The molecule has 1 aliphatic rings. The van der Waals surface area contributed by atoms with Gasteiger partial charge in [0.25, 0.3) is 0 Å². The van der Waals surface area contributed by atoms with Crippen LogP contribution in [0, 0.1) is 0 Å². The first kappa shape index (κ1) is 6.28. The van der Waals surface area contributed by atoms with E-state index in [1.807, 2.05) is 19.1 Å². The summed E-state index contributed by atoms with van der Waals surface area (Å²) in [6, 6.07) is 3.40. The van der Waals surface area contributed by atoms with Crippen molar-refractivity contribution < 1.29 is 9.84 Å². The Kier molecular flexibility index (Phi) is 1.15. The SMILES string of the molecule is CC=Cc1c(O)ccc2c1O2. The van der Waals surface area contributed by atoms with Gasteiger partial charge in [0.05, 0.1) is 5.56 Å². The van der Waals surface area contributed by atoms with Crippen LogP contribution in [0.5, 0.6) is 17.2 Å². The molecule has 1 aliphatic heterocycles. The molecule has 2 nitrogen and oxygen atoms in total. The van der Waals surface area contributed by atoms with Crippen LogP contribution in [0.1, 0.15) is 12.5 Å². The Morgan fingerprint density at radius 1 is 1.45 bits per heavy atom. The number of aromatic hydroxyl groups is 1. The van der Waals surface area contributed by atoms with Gasteiger partial charge in [0.15, 0.2) is 11.5 Å². The van der Waals surface area contributed by atoms with Gasteiger partial charge in [-0.25, -0.2) is 0 Å². The standard InChI is InChI=1S/C9H8O2/c1-2-3-6-7(10)4-5-8-9(6)11-8/h2-5,10H,1H3. The van der Waals surface area contributed by atoms with Crippen LogP contribution in [0.25, 0.3) is 6.08 Å². The Bertz CT molecular complexity index is 323. The van der Waals surface area contributed by atoms with Gasteiger partial charge in [-0.1, -0.05) is 12.2 Å². The highest BCUT2D eigenvalue weighted by atomic mass is 16.6. The average molecular weight is 148 g/mol. The molecule has 0 spiro atoms. The number of ether oxygens (including phenoxy) is 1. The Labute approximate surface area is 64.7 Å². The van der Waals surface area contributed by atoms with Gasteiger partial charge < -0.3 is 9.84 Å². The van der Waals surface area contributed by atoms with Crippen molar-refractivity contribution in [3.05, 3.63) is 23.8 Å². The van der Waals surface area contributed by atoms with Crippen LogP contribution in [-0.2, 0) is 0 Å². The van der Waals surface area contributed by atoms with Crippen LogP contribution in [-0.4, -0.2) is 5.11 Å². The van der Waals surface area contributed by atoms with E-state index >= 15 is 0 Å². The number of rotatable bonds is 1. The summed E-state index contributed by atoms with van der Waals surface area (Å²) in [6.45, 7) is 1.90. The highest BCUT2D eigenvalue weighted by Crippen LogP contribution is 2.51. The van der Waals surface area contributed by atoms with Gasteiger partial charge in [0, 0.05) is 0 Å². The molecule has 0 saturated heterocycles. The summed E-state index contributed by atoms with van der Waals surface area (Å²) < 4.78 is 5.09. The minimum absolute atomic E-state index is 0.277. The van der Waals surface area contributed by atoms with Gasteiger partial charge in [-0.05, 0) is 19.1 Å². The van der Waals surface area contributed by atoms with Crippen molar-refractivity contribution in [3.8, 4) is 17.2 Å². The first-order chi connectivity index (χ1) is 5.33. The molecule has 0 aliphatic carbocycles. The minimum atomic E-state index is 0.277. The Morgan fingerprint density at radius 3 is 3.00 bits per heavy atom. The number of benzene rings is 1. The van der Waals surface area contributed by atoms with Crippen LogP contribution >= 0.6 is 0 Å². The summed E-state index contributed by atoms with van der Waals surface area (Å²) in [5.41, 5.74) is 0.782. The van der Waals surface area contributed by atoms with Crippen molar-refractivity contribution in [3.63, 3.8) is 0 Å². The third-order valence-electron chi connectivity index (χ3n) is 1.64. The average Bonchev–Trinajstić information content (AvgIpc) is 2.74. The second-order valence-corrected chi connectivity index (χ2v) is 2.43. The largest absolute Gasteiger partial charge is 0.507 e. The maximum absolute atomic E-state index is 9.32. The molecule has 0 amide bonds. The molecule has 0 saturated carbocycles. The van der Waals surface area contributed by atoms with Gasteiger partial charge in [-0.15, -0.1) is 0 Å². The smallest absolute Gasteiger partial charge is 0.181 e. The number of phenols is 1. The van der Waals surface area contributed by atoms with E-state index in [4.69, 9.17) is 4.74 Å². The number of fused-ring (bicyclic) bond motifs is 1. The molecule has 1 aromatic carbocycles. The van der Waals surface area contributed by atoms with Crippen molar-refractivity contribution in [1.82, 2.24) is 0 Å². The van der Waals surface area contributed by atoms with Crippen molar-refractivity contribution in [2.75, 3.05) is 0 Å². The predicted octanol–water partition coefficient (Wildman–Crippen LogP) is 2.53. The van der Waals surface area contributed by atoms with Crippen molar-refractivity contribution in [2.24, 2.45) is 0 Å². The van der Waals surface area contributed by atoms with E-state index in [1.54, 1.807) is 12.1 Å². The fourth-order valence-corrected chi connectivity index (χ4v) is 1.07. The summed E-state index contributed by atoms with van der Waals surface area (Å²) in [4.78, 5) is 0. The zero-order valence-corrected chi connectivity index (χ0v) is 6.16. The van der Waals surface area contributed by atoms with E-state index in [1.165, 1.54) is 0 Å². The molecule has 2 rings (SSSR count). The normalized spacial score (nSPS) is 12.8. The molecule has 0 bridgehead atoms. The summed E-state index contributed by atoms with van der Waals surface area (Å²) in [7, 11) is 0. The van der Waals surface area contributed by atoms with Gasteiger partial charge in [0.1, 0.15) is 5.75 Å². The highest BCUT2D eigenvalue weighted by molar-refractivity contribution is 5.74. The quantitative estimate of drug-likeness (QED) is 0.630. The summed E-state index contributed by atoms with van der Waals surface area (Å²) in [6.07, 6.45) is 3.71. The molecule has 56 valence electrons. The lowest BCUT2D eigenvalue weighted by Crippen LogP contribution is -1.67. The van der Waals surface area contributed by atoms with Crippen LogP contribution in [0.15, 0.2) is 18.2 Å². The fourth-order valence-electron chi connectivity index (χ4n) is 1.07. The molecule has 1 heterocycles. The van der Waals surface area contributed by atoms with Crippen LogP contribution in [0.4, 0.5) is 0 Å². The number of allylic oxidation sites excluding steroid dienone is 1. The first-order valence-electron chi connectivity index (χ1n) is 3.49. The molecule has 0 radical (unpaired) electrons. The molecular weight excluding hydrogens is 140 g/mol. The number of hydrogen-bond donors (Lipinski definition) is 1. The molecule has 1 aromatic rings. The molecule has 0 fully saturated rings. The lowest BCUT2D eigenvalue weighted by Gasteiger charge is -1.91. The Balaban J connectivity index is 2.55. The monoisotopic (exact) mass is 148 g/mol. The molecule has 11 heavy (non-hydrogen) atoms. The van der Waals surface area contributed by atoms with Gasteiger partial charge in [-0.3, -0.25) is 0 Å². The summed E-state index contributed by atoms with van der Waals surface area (Å²) in [5, 5.41) is 9.32. The van der Waals surface area contributed by atoms with Crippen LogP contribution < -0.4 is 4.74 Å². The van der Waals surface area contributed by atoms with Gasteiger partial charge >= 0.3 is 0 Å². The molecule has 0 unspecified atom stereocenters. The first-order valence-corrected chi connectivity index (χ1v) is 3.49. The van der Waals surface area contributed by atoms with E-state index in [-0.39, 0.29) is 5.75 Å². The third kappa shape index (κ3) is 0.871. The summed E-state index contributed by atoms with van der Waals surface area (Å²) >= 11 is 0.